The lowest BCUT2D eigenvalue weighted by Gasteiger charge is -2.63. The van der Waals surface area contributed by atoms with E-state index in [0.29, 0.717) is 16.7 Å². The number of hydrogen-bond acceptors (Lipinski definition) is 1. The molecular formula is C32H56O. The molecule has 0 heterocycles. The highest BCUT2D eigenvalue weighted by Gasteiger charge is 2.61. The van der Waals surface area contributed by atoms with Crippen LogP contribution in [0.3, 0.4) is 0 Å². The zero-order valence-corrected chi connectivity index (χ0v) is 23.2. The molecule has 4 saturated carbocycles. The molecule has 0 aliphatic heterocycles. The molecule has 4 aliphatic rings. The summed E-state index contributed by atoms with van der Waals surface area (Å²) in [6.45, 7) is 17.2. The van der Waals surface area contributed by atoms with Crippen molar-refractivity contribution in [3.63, 3.8) is 0 Å². The molecule has 0 aromatic rings. The predicted octanol–water partition coefficient (Wildman–Crippen LogP) is 9.05. The first-order valence-electron chi connectivity index (χ1n) is 14.9. The van der Waals surface area contributed by atoms with Gasteiger partial charge in [-0.05, 0) is 130 Å². The van der Waals surface area contributed by atoms with Crippen LogP contribution in [0.1, 0.15) is 126 Å². The standard InChI is InChI=1S/C32H56O/c1-8-22(4)20-25-28-13-12-24-27-15-14-26(23(5)11-9-10-21(2)3)31(27,6)18-16-29(24)32(28,7)19-17-30(25)33/h8,21,23-30,33H,9-20H2,1-7H3/b22-8+/t23-,24+,25+,26-,27+,28?,29+,30-,31-,32+/m1/s1. The van der Waals surface area contributed by atoms with Crippen molar-refractivity contribution in [2.75, 3.05) is 0 Å². The van der Waals surface area contributed by atoms with Gasteiger partial charge in [0.2, 0.25) is 0 Å². The molecule has 1 unspecified atom stereocenters. The molecule has 1 N–H and O–H groups in total. The molecule has 4 fully saturated rings. The highest BCUT2D eigenvalue weighted by molar-refractivity contribution is 5.12. The number of rotatable bonds is 7. The summed E-state index contributed by atoms with van der Waals surface area (Å²) in [5, 5.41) is 11.0. The summed E-state index contributed by atoms with van der Waals surface area (Å²) in [6, 6.07) is 0. The van der Waals surface area contributed by atoms with Gasteiger partial charge in [0.15, 0.2) is 0 Å². The Morgan fingerprint density at radius 1 is 0.879 bits per heavy atom. The van der Waals surface area contributed by atoms with E-state index in [1.807, 2.05) is 0 Å². The van der Waals surface area contributed by atoms with Crippen molar-refractivity contribution < 1.29 is 5.11 Å². The van der Waals surface area contributed by atoms with Crippen LogP contribution in [0.4, 0.5) is 0 Å². The van der Waals surface area contributed by atoms with E-state index in [1.165, 1.54) is 69.8 Å². The molecule has 0 saturated heterocycles. The molecule has 4 rings (SSSR count). The van der Waals surface area contributed by atoms with Crippen molar-refractivity contribution in [2.24, 2.45) is 58.2 Å². The Labute approximate surface area is 206 Å². The Balaban J connectivity index is 1.49. The topological polar surface area (TPSA) is 20.2 Å². The van der Waals surface area contributed by atoms with Crippen molar-refractivity contribution in [1.29, 1.82) is 0 Å². The normalized spacial score (nSPS) is 46.6. The summed E-state index contributed by atoms with van der Waals surface area (Å²) < 4.78 is 0. The lowest BCUT2D eigenvalue weighted by atomic mass is 9.42. The van der Waals surface area contributed by atoms with Crippen LogP contribution in [0.2, 0.25) is 0 Å². The minimum absolute atomic E-state index is 0.0778. The Hall–Kier alpha value is -0.300. The van der Waals surface area contributed by atoms with E-state index in [-0.39, 0.29) is 6.10 Å². The van der Waals surface area contributed by atoms with Crippen LogP contribution >= 0.6 is 0 Å². The highest BCUT2D eigenvalue weighted by Crippen LogP contribution is 2.69. The van der Waals surface area contributed by atoms with E-state index in [4.69, 9.17) is 0 Å². The van der Waals surface area contributed by atoms with E-state index in [9.17, 15) is 5.11 Å². The highest BCUT2D eigenvalue weighted by atomic mass is 16.3. The molecule has 1 heteroatoms. The average Bonchev–Trinajstić information content (AvgIpc) is 3.13. The zero-order valence-electron chi connectivity index (χ0n) is 23.2. The number of fused-ring (bicyclic) bond motifs is 5. The number of aliphatic hydroxyl groups excluding tert-OH is 1. The van der Waals surface area contributed by atoms with Crippen LogP contribution in [0.25, 0.3) is 0 Å². The van der Waals surface area contributed by atoms with Gasteiger partial charge in [-0.15, -0.1) is 0 Å². The van der Waals surface area contributed by atoms with Crippen molar-refractivity contribution in [3.8, 4) is 0 Å². The van der Waals surface area contributed by atoms with Crippen LogP contribution in [-0.4, -0.2) is 11.2 Å². The SMILES string of the molecule is C/C=C(\C)C[C@H]1C2CC[C@H]3[C@@H]4CC[C@H]([C@H](C)CCCC(C)C)[C@@]4(C)CC[C@@H]3[C@@]2(C)CC[C@H]1O. The zero-order chi connectivity index (χ0) is 24.0. The van der Waals surface area contributed by atoms with Crippen molar-refractivity contribution >= 4 is 0 Å². The third kappa shape index (κ3) is 4.63. The fourth-order valence-corrected chi connectivity index (χ4v) is 10.3. The Kier molecular flexibility index (Phi) is 7.80. The van der Waals surface area contributed by atoms with Gasteiger partial charge in [0.1, 0.15) is 0 Å². The molecule has 0 spiro atoms. The van der Waals surface area contributed by atoms with Crippen LogP contribution in [0.15, 0.2) is 11.6 Å². The molecule has 0 bridgehead atoms. The second-order valence-corrected chi connectivity index (χ2v) is 14.2. The van der Waals surface area contributed by atoms with Gasteiger partial charge >= 0.3 is 0 Å². The number of allylic oxidation sites excluding steroid dienone is 2. The summed E-state index contributed by atoms with van der Waals surface area (Å²) in [4.78, 5) is 0. The largest absolute Gasteiger partial charge is 0.393 e. The molecule has 33 heavy (non-hydrogen) atoms. The second kappa shape index (κ2) is 9.99. The molecule has 190 valence electrons. The lowest BCUT2D eigenvalue weighted by molar-refractivity contribution is -0.152. The Bertz CT molecular complexity index is 693. The van der Waals surface area contributed by atoms with Gasteiger partial charge in [-0.3, -0.25) is 0 Å². The van der Waals surface area contributed by atoms with E-state index in [0.717, 1.165) is 54.3 Å². The molecule has 0 amide bonds. The van der Waals surface area contributed by atoms with Crippen molar-refractivity contribution in [2.45, 2.75) is 132 Å². The van der Waals surface area contributed by atoms with Gasteiger partial charge in [-0.25, -0.2) is 0 Å². The maximum atomic E-state index is 11.0. The first-order chi connectivity index (χ1) is 15.6. The fourth-order valence-electron chi connectivity index (χ4n) is 10.3. The number of hydrogen-bond donors (Lipinski definition) is 1. The van der Waals surface area contributed by atoms with Gasteiger partial charge in [0.05, 0.1) is 6.10 Å². The fraction of sp³-hybridized carbons (Fsp3) is 0.938. The van der Waals surface area contributed by atoms with E-state index >= 15 is 0 Å². The molecule has 4 aliphatic carbocycles. The molecular weight excluding hydrogens is 400 g/mol. The van der Waals surface area contributed by atoms with E-state index in [2.05, 4.69) is 54.5 Å². The molecule has 0 radical (unpaired) electrons. The first kappa shape index (κ1) is 25.8. The van der Waals surface area contributed by atoms with Gasteiger partial charge in [0.25, 0.3) is 0 Å². The van der Waals surface area contributed by atoms with Gasteiger partial charge in [-0.2, -0.15) is 0 Å². The van der Waals surface area contributed by atoms with E-state index in [1.54, 1.807) is 0 Å². The predicted molar refractivity (Wildman–Crippen MR) is 142 cm³/mol. The summed E-state index contributed by atoms with van der Waals surface area (Å²) in [5.74, 6) is 6.76. The third-order valence-corrected chi connectivity index (χ3v) is 12.2. The van der Waals surface area contributed by atoms with Crippen LogP contribution in [0, 0.1) is 58.2 Å². The summed E-state index contributed by atoms with van der Waals surface area (Å²) in [6.07, 6.45) is 18.6. The number of aliphatic hydroxyl groups is 1. The first-order valence-corrected chi connectivity index (χ1v) is 14.9. The Morgan fingerprint density at radius 3 is 2.24 bits per heavy atom. The second-order valence-electron chi connectivity index (χ2n) is 14.2. The average molecular weight is 457 g/mol. The molecule has 0 aromatic carbocycles. The maximum Gasteiger partial charge on any atom is 0.0574 e. The van der Waals surface area contributed by atoms with E-state index < -0.39 is 0 Å². The third-order valence-electron chi connectivity index (χ3n) is 12.2. The van der Waals surface area contributed by atoms with Crippen molar-refractivity contribution in [1.82, 2.24) is 0 Å². The van der Waals surface area contributed by atoms with Crippen LogP contribution in [-0.2, 0) is 0 Å². The summed E-state index contributed by atoms with van der Waals surface area (Å²) >= 11 is 0. The maximum absolute atomic E-state index is 11.0. The minimum atomic E-state index is -0.0778. The molecule has 10 atom stereocenters. The summed E-state index contributed by atoms with van der Waals surface area (Å²) in [7, 11) is 0. The van der Waals surface area contributed by atoms with Crippen molar-refractivity contribution in [3.05, 3.63) is 11.6 Å². The quantitative estimate of drug-likeness (QED) is 0.379. The van der Waals surface area contributed by atoms with Gasteiger partial charge in [0, 0.05) is 0 Å². The van der Waals surface area contributed by atoms with Crippen LogP contribution in [0.5, 0.6) is 0 Å². The Morgan fingerprint density at radius 2 is 1.55 bits per heavy atom. The minimum Gasteiger partial charge on any atom is -0.393 e. The lowest BCUT2D eigenvalue weighted by Crippen LogP contribution is -2.56. The molecule has 1 nitrogen and oxygen atoms in total. The monoisotopic (exact) mass is 456 g/mol. The molecule has 0 aromatic heterocycles. The van der Waals surface area contributed by atoms with Gasteiger partial charge in [-0.1, -0.05) is 65.5 Å². The summed E-state index contributed by atoms with van der Waals surface area (Å²) in [5.41, 5.74) is 2.53. The van der Waals surface area contributed by atoms with Gasteiger partial charge < -0.3 is 5.11 Å². The van der Waals surface area contributed by atoms with Crippen LogP contribution < -0.4 is 0 Å². The smallest absolute Gasteiger partial charge is 0.0574 e.